The molecule has 0 aliphatic rings. The molecule has 3 N–H and O–H groups in total. The highest BCUT2D eigenvalue weighted by molar-refractivity contribution is 14.1. The number of rotatable bonds is 4. The molecule has 0 fully saturated rings. The Bertz CT molecular complexity index is 1860. The lowest BCUT2D eigenvalue weighted by molar-refractivity contribution is 0.572. The molecule has 0 amide bonds. The zero-order valence-corrected chi connectivity index (χ0v) is 27.6. The first-order chi connectivity index (χ1) is 20.4. The van der Waals surface area contributed by atoms with Gasteiger partial charge in [0, 0.05) is 29.6 Å². The van der Waals surface area contributed by atoms with Crippen molar-refractivity contribution in [3.05, 3.63) is 120 Å². The van der Waals surface area contributed by atoms with E-state index in [-0.39, 0.29) is 11.1 Å². The van der Waals surface area contributed by atoms with Crippen LogP contribution < -0.4 is 11.1 Å². The van der Waals surface area contributed by atoms with Crippen molar-refractivity contribution >= 4 is 73.9 Å². The average Bonchev–Trinajstić information content (AvgIpc) is 3.53. The summed E-state index contributed by atoms with van der Waals surface area (Å²) in [6.07, 6.45) is 7.01. The molecule has 43 heavy (non-hydrogen) atoms. The second-order valence-corrected chi connectivity index (χ2v) is 11.8. The molecule has 0 unspecified atom stereocenters. The molecule has 2 aromatic carbocycles. The van der Waals surface area contributed by atoms with Crippen LogP contribution in [0.4, 0.5) is 23.4 Å². The van der Waals surface area contributed by atoms with Crippen LogP contribution in [0.5, 0.6) is 0 Å². The first-order valence-corrected chi connectivity index (χ1v) is 15.0. The fourth-order valence-corrected chi connectivity index (χ4v) is 4.87. The fourth-order valence-electron chi connectivity index (χ4n) is 3.75. The van der Waals surface area contributed by atoms with E-state index >= 15 is 0 Å². The SMILES string of the molecule is C[C@@H](N)c1cc(F)ccc1F.C[C@@H](Nc1ccn2ncc(I)c2n1)c1cc(F)ccc1F.Clc1ccn2ncc(I)c2n1. The maximum absolute atomic E-state index is 13.7. The maximum atomic E-state index is 13.7. The van der Waals surface area contributed by atoms with Crippen LogP contribution in [0.15, 0.2) is 73.3 Å². The van der Waals surface area contributed by atoms with E-state index in [4.69, 9.17) is 17.3 Å². The predicted octanol–water partition coefficient (Wildman–Crippen LogP) is 7.76. The van der Waals surface area contributed by atoms with E-state index in [1.807, 2.05) is 0 Å². The van der Waals surface area contributed by atoms with E-state index in [1.54, 1.807) is 59.8 Å². The number of nitrogens with one attached hydrogen (secondary N) is 1. The van der Waals surface area contributed by atoms with Crippen molar-refractivity contribution in [1.82, 2.24) is 29.2 Å². The molecule has 0 bridgehead atoms. The number of benzene rings is 2. The fraction of sp³-hybridized carbons (Fsp3) is 0.143. The Balaban J connectivity index is 0.000000162. The molecule has 4 heterocycles. The van der Waals surface area contributed by atoms with Gasteiger partial charge in [-0.2, -0.15) is 10.2 Å². The lowest BCUT2D eigenvalue weighted by Crippen LogP contribution is -2.10. The van der Waals surface area contributed by atoms with Crippen molar-refractivity contribution in [2.24, 2.45) is 5.73 Å². The Labute approximate surface area is 276 Å². The number of anilines is 1. The maximum Gasteiger partial charge on any atom is 0.170 e. The van der Waals surface area contributed by atoms with Gasteiger partial charge < -0.3 is 11.1 Å². The summed E-state index contributed by atoms with van der Waals surface area (Å²) in [4.78, 5) is 8.51. The van der Waals surface area contributed by atoms with Crippen molar-refractivity contribution in [3.8, 4) is 0 Å². The Hall–Kier alpha value is -3.09. The summed E-state index contributed by atoms with van der Waals surface area (Å²) in [6, 6.07) is 9.25. The lowest BCUT2D eigenvalue weighted by Gasteiger charge is -2.15. The van der Waals surface area contributed by atoms with Crippen LogP contribution in [0.25, 0.3) is 11.3 Å². The monoisotopic (exact) mass is 836 g/mol. The molecule has 0 spiro atoms. The van der Waals surface area contributed by atoms with E-state index in [2.05, 4.69) is 70.7 Å². The highest BCUT2D eigenvalue weighted by Crippen LogP contribution is 2.23. The van der Waals surface area contributed by atoms with Gasteiger partial charge in [-0.3, -0.25) is 0 Å². The quantitative estimate of drug-likeness (QED) is 0.107. The molecule has 6 aromatic rings. The van der Waals surface area contributed by atoms with Crippen LogP contribution >= 0.6 is 56.8 Å². The van der Waals surface area contributed by atoms with Crippen LogP contribution in [-0.4, -0.2) is 29.2 Å². The van der Waals surface area contributed by atoms with Gasteiger partial charge in [0.2, 0.25) is 0 Å². The van der Waals surface area contributed by atoms with Gasteiger partial charge in [-0.25, -0.2) is 36.6 Å². The van der Waals surface area contributed by atoms with Crippen molar-refractivity contribution in [1.29, 1.82) is 0 Å². The third kappa shape index (κ3) is 8.51. The molecule has 0 radical (unpaired) electrons. The van der Waals surface area contributed by atoms with E-state index in [9.17, 15) is 17.6 Å². The van der Waals surface area contributed by atoms with Crippen LogP contribution in [0.1, 0.15) is 37.1 Å². The molecule has 6 rings (SSSR count). The van der Waals surface area contributed by atoms with Crippen molar-refractivity contribution in [2.45, 2.75) is 25.9 Å². The van der Waals surface area contributed by atoms with Gasteiger partial charge in [0.15, 0.2) is 11.3 Å². The lowest BCUT2D eigenvalue weighted by atomic mass is 10.1. The number of hydrogen-bond donors (Lipinski definition) is 2. The molecule has 0 saturated heterocycles. The van der Waals surface area contributed by atoms with Gasteiger partial charge in [-0.05, 0) is 108 Å². The van der Waals surface area contributed by atoms with E-state index in [0.717, 1.165) is 43.1 Å². The van der Waals surface area contributed by atoms with Crippen LogP contribution in [-0.2, 0) is 0 Å². The van der Waals surface area contributed by atoms with Gasteiger partial charge >= 0.3 is 0 Å². The van der Waals surface area contributed by atoms with Crippen LogP contribution in [0.3, 0.4) is 0 Å². The smallest absolute Gasteiger partial charge is 0.170 e. The Morgan fingerprint density at radius 1 is 0.767 bits per heavy atom. The third-order valence-electron chi connectivity index (χ3n) is 5.86. The molecule has 15 heteroatoms. The highest BCUT2D eigenvalue weighted by atomic mass is 127. The Morgan fingerprint density at radius 3 is 1.84 bits per heavy atom. The summed E-state index contributed by atoms with van der Waals surface area (Å²) in [7, 11) is 0. The number of hydrogen-bond acceptors (Lipinski definition) is 6. The number of fused-ring (bicyclic) bond motifs is 2. The largest absolute Gasteiger partial charge is 0.363 e. The molecule has 224 valence electrons. The summed E-state index contributed by atoms with van der Waals surface area (Å²) in [5, 5.41) is 11.7. The minimum absolute atomic E-state index is 0.213. The summed E-state index contributed by atoms with van der Waals surface area (Å²) in [5.74, 6) is -1.25. The van der Waals surface area contributed by atoms with E-state index in [0.29, 0.717) is 16.6 Å². The standard InChI is InChI=1S/C14H11F2IN4.C8H9F2N.C6H3ClIN3/c1-8(10-6-9(15)2-3-11(10)16)19-13-4-5-21-14(20-13)12(17)7-18-21;1-5(11)7-4-6(9)2-3-8(7)10;7-5-1-2-11-6(10-5)4(8)3-9-11/h2-8H,1H3,(H,19,20);2-5H,11H2,1H3;1-3H/t8-;5-;/m11./s1. The molecular formula is C28H23ClF4I2N8. The molecule has 0 aliphatic carbocycles. The van der Waals surface area contributed by atoms with Crippen LogP contribution in [0.2, 0.25) is 5.15 Å². The minimum Gasteiger partial charge on any atom is -0.363 e. The minimum atomic E-state index is -0.467. The van der Waals surface area contributed by atoms with Crippen molar-refractivity contribution in [2.75, 3.05) is 5.32 Å². The summed E-state index contributed by atoms with van der Waals surface area (Å²) in [5.41, 5.74) is 7.37. The predicted molar refractivity (Wildman–Crippen MR) is 174 cm³/mol. The third-order valence-corrected chi connectivity index (χ3v) is 7.59. The van der Waals surface area contributed by atoms with Crippen molar-refractivity contribution < 1.29 is 17.6 Å². The second kappa shape index (κ2) is 14.6. The summed E-state index contributed by atoms with van der Waals surface area (Å²) >= 11 is 10.00. The number of nitrogens with zero attached hydrogens (tertiary/aromatic N) is 6. The van der Waals surface area contributed by atoms with Gasteiger partial charge in [-0.15, -0.1) is 0 Å². The average molecular weight is 837 g/mol. The van der Waals surface area contributed by atoms with Gasteiger partial charge in [0.1, 0.15) is 34.2 Å². The molecule has 2 atom stereocenters. The van der Waals surface area contributed by atoms with Gasteiger partial charge in [0.25, 0.3) is 0 Å². The molecular weight excluding hydrogens is 814 g/mol. The highest BCUT2D eigenvalue weighted by Gasteiger charge is 2.13. The van der Waals surface area contributed by atoms with Crippen LogP contribution in [0, 0.1) is 30.4 Å². The molecule has 8 nitrogen and oxygen atoms in total. The van der Waals surface area contributed by atoms with Crippen molar-refractivity contribution in [3.63, 3.8) is 0 Å². The first kappa shape index (κ1) is 32.8. The number of halogens is 7. The zero-order valence-electron chi connectivity index (χ0n) is 22.5. The summed E-state index contributed by atoms with van der Waals surface area (Å²) in [6.45, 7) is 3.36. The normalized spacial score (nSPS) is 12.2. The molecule has 0 aliphatic heterocycles. The molecule has 4 aromatic heterocycles. The summed E-state index contributed by atoms with van der Waals surface area (Å²) < 4.78 is 57.5. The van der Waals surface area contributed by atoms with Gasteiger partial charge in [0.05, 0.1) is 25.6 Å². The number of nitrogens with two attached hydrogens (primary N) is 1. The number of aromatic nitrogens is 6. The Kier molecular flexibility index (Phi) is 11.1. The van der Waals surface area contributed by atoms with Gasteiger partial charge in [-0.1, -0.05) is 11.6 Å². The molecule has 0 saturated carbocycles. The Morgan fingerprint density at radius 2 is 1.28 bits per heavy atom. The van der Waals surface area contributed by atoms with E-state index < -0.39 is 35.4 Å². The first-order valence-electron chi connectivity index (χ1n) is 12.5. The second-order valence-electron chi connectivity index (χ2n) is 9.07. The van der Waals surface area contributed by atoms with E-state index in [1.165, 1.54) is 6.07 Å². The zero-order chi connectivity index (χ0) is 31.3. The topological polar surface area (TPSA) is 98.4 Å².